The standard InChI is InChI=1S/C23H24BrN5O2/c1-5-15(2)22-27-20-9-7-17(24)12-19(20)23(30)29(22)26-14-16-6-8-18(28(3)4)13-21(16)31-11-10-25/h6-9,12-15H,5,11H2,1-4H3/t15-/m0/s1. The molecule has 0 saturated carbocycles. The van der Waals surface area contributed by atoms with Crippen molar-refractivity contribution in [2.75, 3.05) is 25.6 Å². The zero-order valence-electron chi connectivity index (χ0n) is 18.0. The Hall–Kier alpha value is -3.18. The lowest BCUT2D eigenvalue weighted by atomic mass is 10.1. The highest BCUT2D eigenvalue weighted by molar-refractivity contribution is 9.10. The van der Waals surface area contributed by atoms with Crippen molar-refractivity contribution in [3.8, 4) is 11.8 Å². The Balaban J connectivity index is 2.15. The third-order valence-corrected chi connectivity index (χ3v) is 5.50. The second kappa shape index (κ2) is 9.75. The lowest BCUT2D eigenvalue weighted by Crippen LogP contribution is -2.23. The van der Waals surface area contributed by atoms with Gasteiger partial charge in [0, 0.05) is 41.8 Å². The molecule has 3 aromatic rings. The second-order valence-electron chi connectivity index (χ2n) is 7.37. The molecule has 0 fully saturated rings. The maximum absolute atomic E-state index is 13.3. The van der Waals surface area contributed by atoms with Gasteiger partial charge in [0.15, 0.2) is 6.61 Å². The molecule has 2 aromatic carbocycles. The average molecular weight is 482 g/mol. The number of ether oxygens (including phenoxy) is 1. The molecule has 31 heavy (non-hydrogen) atoms. The average Bonchev–Trinajstić information content (AvgIpc) is 2.76. The molecule has 0 aliphatic heterocycles. The molecule has 0 amide bonds. The van der Waals surface area contributed by atoms with Gasteiger partial charge in [0.2, 0.25) is 0 Å². The molecule has 0 N–H and O–H groups in total. The van der Waals surface area contributed by atoms with Crippen LogP contribution in [0.5, 0.6) is 5.75 Å². The summed E-state index contributed by atoms with van der Waals surface area (Å²) in [4.78, 5) is 19.9. The molecule has 1 heterocycles. The molecule has 7 nitrogen and oxygen atoms in total. The van der Waals surface area contributed by atoms with Crippen LogP contribution in [-0.2, 0) is 0 Å². The van der Waals surface area contributed by atoms with E-state index in [1.165, 1.54) is 4.68 Å². The van der Waals surface area contributed by atoms with Gasteiger partial charge in [-0.15, -0.1) is 0 Å². The fourth-order valence-corrected chi connectivity index (χ4v) is 3.40. The highest BCUT2D eigenvalue weighted by Crippen LogP contribution is 2.25. The first-order valence-corrected chi connectivity index (χ1v) is 10.7. The highest BCUT2D eigenvalue weighted by Gasteiger charge is 2.16. The van der Waals surface area contributed by atoms with E-state index in [0.717, 1.165) is 16.6 Å². The topological polar surface area (TPSA) is 83.5 Å². The van der Waals surface area contributed by atoms with E-state index in [0.29, 0.717) is 28.0 Å². The number of nitrogens with zero attached hydrogens (tertiary/aromatic N) is 5. The maximum atomic E-state index is 13.3. The van der Waals surface area contributed by atoms with Crippen molar-refractivity contribution < 1.29 is 4.74 Å². The van der Waals surface area contributed by atoms with Crippen molar-refractivity contribution >= 4 is 38.7 Å². The zero-order chi connectivity index (χ0) is 22.5. The van der Waals surface area contributed by atoms with E-state index in [4.69, 9.17) is 15.0 Å². The molecule has 3 rings (SSSR count). The number of fused-ring (bicyclic) bond motifs is 1. The van der Waals surface area contributed by atoms with Gasteiger partial charge >= 0.3 is 0 Å². The van der Waals surface area contributed by atoms with Crippen LogP contribution in [0.3, 0.4) is 0 Å². The first-order valence-electron chi connectivity index (χ1n) is 9.93. The van der Waals surface area contributed by atoms with Crippen LogP contribution in [-0.4, -0.2) is 36.6 Å². The number of hydrogen-bond acceptors (Lipinski definition) is 6. The number of hydrogen-bond donors (Lipinski definition) is 0. The summed E-state index contributed by atoms with van der Waals surface area (Å²) >= 11 is 3.42. The van der Waals surface area contributed by atoms with E-state index in [1.54, 1.807) is 12.3 Å². The summed E-state index contributed by atoms with van der Waals surface area (Å²) in [5.41, 5.74) is 2.00. The number of halogens is 1. The molecule has 8 heteroatoms. The fraction of sp³-hybridized carbons (Fsp3) is 0.304. The van der Waals surface area contributed by atoms with Crippen LogP contribution in [0, 0.1) is 11.3 Å². The number of benzene rings is 2. The molecule has 1 aromatic heterocycles. The van der Waals surface area contributed by atoms with Gasteiger partial charge < -0.3 is 9.64 Å². The van der Waals surface area contributed by atoms with E-state index in [-0.39, 0.29) is 18.1 Å². The minimum Gasteiger partial charge on any atom is -0.478 e. The first-order chi connectivity index (χ1) is 14.8. The predicted molar refractivity (Wildman–Crippen MR) is 127 cm³/mol. The lowest BCUT2D eigenvalue weighted by molar-refractivity contribution is 0.367. The van der Waals surface area contributed by atoms with Crippen LogP contribution in [0.25, 0.3) is 10.9 Å². The molecule has 0 aliphatic carbocycles. The smallest absolute Gasteiger partial charge is 0.282 e. The summed E-state index contributed by atoms with van der Waals surface area (Å²) in [6, 6.07) is 13.1. The Morgan fingerprint density at radius 3 is 2.77 bits per heavy atom. The lowest BCUT2D eigenvalue weighted by Gasteiger charge is -2.16. The van der Waals surface area contributed by atoms with Crippen molar-refractivity contribution in [2.24, 2.45) is 5.10 Å². The maximum Gasteiger partial charge on any atom is 0.282 e. The molecule has 0 unspecified atom stereocenters. The largest absolute Gasteiger partial charge is 0.478 e. The summed E-state index contributed by atoms with van der Waals surface area (Å²) in [6.07, 6.45) is 2.39. The van der Waals surface area contributed by atoms with E-state index in [9.17, 15) is 4.79 Å². The minimum absolute atomic E-state index is 0.0447. The third-order valence-electron chi connectivity index (χ3n) is 5.00. The van der Waals surface area contributed by atoms with Crippen LogP contribution in [0.1, 0.15) is 37.6 Å². The summed E-state index contributed by atoms with van der Waals surface area (Å²) in [5.74, 6) is 1.16. The quantitative estimate of drug-likeness (QED) is 0.463. The third kappa shape index (κ3) is 4.94. The molecule has 0 bridgehead atoms. The Morgan fingerprint density at radius 1 is 1.32 bits per heavy atom. The van der Waals surface area contributed by atoms with Crippen LogP contribution in [0.2, 0.25) is 0 Å². The second-order valence-corrected chi connectivity index (χ2v) is 8.28. The molecule has 0 aliphatic rings. The Kier molecular flexibility index (Phi) is 7.08. The predicted octanol–water partition coefficient (Wildman–Crippen LogP) is 4.52. The van der Waals surface area contributed by atoms with Gasteiger partial charge in [-0.1, -0.05) is 29.8 Å². The van der Waals surface area contributed by atoms with Gasteiger partial charge in [0.25, 0.3) is 5.56 Å². The van der Waals surface area contributed by atoms with Crippen LogP contribution in [0.15, 0.2) is 50.8 Å². The number of aromatic nitrogens is 2. The van der Waals surface area contributed by atoms with Gasteiger partial charge in [-0.05, 0) is 36.8 Å². The highest BCUT2D eigenvalue weighted by atomic mass is 79.9. The molecule has 160 valence electrons. The zero-order valence-corrected chi connectivity index (χ0v) is 19.5. The Labute approximate surface area is 189 Å². The monoisotopic (exact) mass is 481 g/mol. The Bertz CT molecular complexity index is 1230. The van der Waals surface area contributed by atoms with E-state index >= 15 is 0 Å². The molecular weight excluding hydrogens is 458 g/mol. The summed E-state index contributed by atoms with van der Waals surface area (Å²) in [6.45, 7) is 3.98. The molecular formula is C23H24BrN5O2. The van der Waals surface area contributed by atoms with Gasteiger partial charge in [-0.3, -0.25) is 4.79 Å². The van der Waals surface area contributed by atoms with E-state index < -0.39 is 0 Å². The summed E-state index contributed by atoms with van der Waals surface area (Å²) < 4.78 is 7.75. The fourth-order valence-electron chi connectivity index (χ4n) is 3.04. The van der Waals surface area contributed by atoms with E-state index in [2.05, 4.69) is 21.0 Å². The van der Waals surface area contributed by atoms with Crippen LogP contribution in [0.4, 0.5) is 5.69 Å². The number of anilines is 1. The normalized spacial score (nSPS) is 12.1. The van der Waals surface area contributed by atoms with Gasteiger partial charge in [0.1, 0.15) is 17.6 Å². The molecule has 0 radical (unpaired) electrons. The first kappa shape index (κ1) is 22.5. The number of nitriles is 1. The van der Waals surface area contributed by atoms with Crippen molar-refractivity contribution in [1.82, 2.24) is 9.66 Å². The van der Waals surface area contributed by atoms with Gasteiger partial charge in [-0.25, -0.2) is 4.98 Å². The van der Waals surface area contributed by atoms with Gasteiger partial charge in [-0.2, -0.15) is 15.0 Å². The minimum atomic E-state index is -0.234. The van der Waals surface area contributed by atoms with Gasteiger partial charge in [0.05, 0.1) is 17.1 Å². The van der Waals surface area contributed by atoms with Crippen LogP contribution >= 0.6 is 15.9 Å². The van der Waals surface area contributed by atoms with Crippen LogP contribution < -0.4 is 15.2 Å². The van der Waals surface area contributed by atoms with E-state index in [1.807, 2.05) is 69.2 Å². The summed E-state index contributed by atoms with van der Waals surface area (Å²) in [7, 11) is 3.85. The Morgan fingerprint density at radius 2 is 2.10 bits per heavy atom. The molecule has 0 spiro atoms. The molecule has 1 atom stereocenters. The van der Waals surface area contributed by atoms with Crippen molar-refractivity contribution in [2.45, 2.75) is 26.2 Å². The number of rotatable bonds is 7. The van der Waals surface area contributed by atoms with Crippen molar-refractivity contribution in [3.05, 3.63) is 62.6 Å². The SMILES string of the molecule is CC[C@H](C)c1nc2ccc(Br)cc2c(=O)n1N=Cc1ccc(N(C)C)cc1OCC#N. The van der Waals surface area contributed by atoms with Crippen molar-refractivity contribution in [3.63, 3.8) is 0 Å². The summed E-state index contributed by atoms with van der Waals surface area (Å²) in [5, 5.41) is 13.9. The molecule has 0 saturated heterocycles. The van der Waals surface area contributed by atoms with Crippen molar-refractivity contribution in [1.29, 1.82) is 5.26 Å².